The number of hydrogen-bond acceptors (Lipinski definition) is 2. The predicted octanol–water partition coefficient (Wildman–Crippen LogP) is 6.01. The number of rotatable bonds is 4. The van der Waals surface area contributed by atoms with Crippen molar-refractivity contribution >= 4 is 17.6 Å². The molecule has 0 radical (unpaired) electrons. The Hall–Kier alpha value is -2.93. The van der Waals surface area contributed by atoms with Crippen LogP contribution in [0.2, 0.25) is 0 Å². The largest absolute Gasteiger partial charge is 0.478 e. The van der Waals surface area contributed by atoms with Gasteiger partial charge in [0.1, 0.15) is 11.6 Å². The van der Waals surface area contributed by atoms with Crippen LogP contribution in [-0.2, 0) is 11.2 Å². The fourth-order valence-electron chi connectivity index (χ4n) is 5.66. The molecule has 172 valence electrons. The molecule has 3 nitrogen and oxygen atoms in total. The SMILES string of the molecule is CC1CC2=C(Cc3ccccc32)C(c2c(F)cc(/C=C/C(=O)O)cc2F)N1C1CC(F)(F)C1. The Morgan fingerprint density at radius 2 is 1.82 bits per heavy atom. The van der Waals surface area contributed by atoms with Crippen LogP contribution < -0.4 is 0 Å². The summed E-state index contributed by atoms with van der Waals surface area (Å²) >= 11 is 0. The highest BCUT2D eigenvalue weighted by molar-refractivity contribution is 5.85. The summed E-state index contributed by atoms with van der Waals surface area (Å²) in [7, 11) is 0. The minimum Gasteiger partial charge on any atom is -0.478 e. The highest BCUT2D eigenvalue weighted by atomic mass is 19.3. The molecule has 7 heteroatoms. The van der Waals surface area contributed by atoms with E-state index in [1.54, 1.807) is 0 Å². The van der Waals surface area contributed by atoms with Gasteiger partial charge in [-0.25, -0.2) is 22.4 Å². The Labute approximate surface area is 189 Å². The summed E-state index contributed by atoms with van der Waals surface area (Å²) in [5, 5.41) is 8.81. The van der Waals surface area contributed by atoms with Crippen molar-refractivity contribution in [3.63, 3.8) is 0 Å². The van der Waals surface area contributed by atoms with E-state index in [1.807, 2.05) is 36.1 Å². The molecule has 0 aromatic heterocycles. The van der Waals surface area contributed by atoms with Crippen LogP contribution in [0.1, 0.15) is 54.5 Å². The maximum Gasteiger partial charge on any atom is 0.328 e. The second kappa shape index (κ2) is 7.83. The van der Waals surface area contributed by atoms with Crippen molar-refractivity contribution in [2.24, 2.45) is 0 Å². The monoisotopic (exact) mass is 457 g/mol. The quantitative estimate of drug-likeness (QED) is 0.452. The van der Waals surface area contributed by atoms with Gasteiger partial charge in [0.25, 0.3) is 5.92 Å². The minimum absolute atomic E-state index is 0.0886. The smallest absolute Gasteiger partial charge is 0.328 e. The molecule has 2 aromatic carbocycles. The van der Waals surface area contributed by atoms with Gasteiger partial charge in [0, 0.05) is 36.6 Å². The molecular weight excluding hydrogens is 434 g/mol. The van der Waals surface area contributed by atoms with E-state index < -0.39 is 35.6 Å². The van der Waals surface area contributed by atoms with Crippen LogP contribution in [0.25, 0.3) is 11.6 Å². The van der Waals surface area contributed by atoms with Gasteiger partial charge >= 0.3 is 5.97 Å². The van der Waals surface area contributed by atoms with E-state index in [-0.39, 0.29) is 30.0 Å². The lowest BCUT2D eigenvalue weighted by atomic mass is 9.78. The Morgan fingerprint density at radius 1 is 1.15 bits per heavy atom. The molecule has 1 N–H and O–H groups in total. The van der Waals surface area contributed by atoms with Crippen LogP contribution in [0.4, 0.5) is 17.6 Å². The zero-order valence-electron chi connectivity index (χ0n) is 18.0. The fourth-order valence-corrected chi connectivity index (χ4v) is 5.66. The normalized spacial score (nSPS) is 24.6. The molecule has 1 heterocycles. The molecule has 1 fully saturated rings. The first-order chi connectivity index (χ1) is 15.6. The summed E-state index contributed by atoms with van der Waals surface area (Å²) in [4.78, 5) is 12.7. The van der Waals surface area contributed by atoms with Crippen molar-refractivity contribution in [1.29, 1.82) is 0 Å². The molecule has 3 aliphatic rings. The van der Waals surface area contributed by atoms with E-state index in [0.29, 0.717) is 12.8 Å². The second-order valence-electron chi connectivity index (χ2n) is 9.23. The van der Waals surface area contributed by atoms with Crippen LogP contribution in [0.5, 0.6) is 0 Å². The third kappa shape index (κ3) is 3.78. The van der Waals surface area contributed by atoms with E-state index in [4.69, 9.17) is 5.11 Å². The molecular formula is C26H23F4NO2. The molecule has 2 unspecified atom stereocenters. The molecule has 0 spiro atoms. The number of hydrogen-bond donors (Lipinski definition) is 1. The van der Waals surface area contributed by atoms with Gasteiger partial charge in [-0.05, 0) is 65.8 Å². The number of carbonyl (C=O) groups is 1. The summed E-state index contributed by atoms with van der Waals surface area (Å²) in [5.74, 6) is -5.60. The first-order valence-electron chi connectivity index (χ1n) is 11.0. The van der Waals surface area contributed by atoms with Crippen molar-refractivity contribution in [2.45, 2.75) is 56.7 Å². The molecule has 1 aliphatic heterocycles. The maximum absolute atomic E-state index is 15.4. The van der Waals surface area contributed by atoms with E-state index in [2.05, 4.69) is 0 Å². The van der Waals surface area contributed by atoms with Gasteiger partial charge < -0.3 is 5.11 Å². The van der Waals surface area contributed by atoms with Crippen molar-refractivity contribution in [3.05, 3.63) is 81.9 Å². The third-order valence-corrected chi connectivity index (χ3v) is 7.03. The van der Waals surface area contributed by atoms with E-state index in [0.717, 1.165) is 46.6 Å². The summed E-state index contributed by atoms with van der Waals surface area (Å²) in [6.07, 6.45) is 2.43. The average molecular weight is 457 g/mol. The number of alkyl halides is 2. The molecule has 2 atom stereocenters. The third-order valence-electron chi connectivity index (χ3n) is 7.03. The zero-order chi connectivity index (χ0) is 23.5. The highest BCUT2D eigenvalue weighted by Gasteiger charge is 2.53. The Morgan fingerprint density at radius 3 is 2.45 bits per heavy atom. The number of benzene rings is 2. The van der Waals surface area contributed by atoms with Gasteiger partial charge in [-0.15, -0.1) is 0 Å². The van der Waals surface area contributed by atoms with Crippen LogP contribution >= 0.6 is 0 Å². The number of nitrogens with zero attached hydrogens (tertiary/aromatic N) is 1. The molecule has 0 amide bonds. The molecule has 1 saturated carbocycles. The zero-order valence-corrected chi connectivity index (χ0v) is 18.0. The lowest BCUT2D eigenvalue weighted by Gasteiger charge is -2.51. The Bertz CT molecular complexity index is 1170. The summed E-state index contributed by atoms with van der Waals surface area (Å²) in [6, 6.07) is 8.61. The fraction of sp³-hybridized carbons (Fsp3) is 0.346. The number of carboxylic acid groups (broad SMARTS) is 1. The molecule has 2 aromatic rings. The number of halogens is 4. The lowest BCUT2D eigenvalue weighted by Crippen LogP contribution is -2.56. The van der Waals surface area contributed by atoms with Gasteiger partial charge in [-0.1, -0.05) is 24.3 Å². The Balaban J connectivity index is 1.63. The topological polar surface area (TPSA) is 40.5 Å². The molecule has 5 rings (SSSR count). The van der Waals surface area contributed by atoms with Crippen LogP contribution in [0, 0.1) is 11.6 Å². The molecule has 0 bridgehead atoms. The number of carboxylic acids is 1. The molecule has 33 heavy (non-hydrogen) atoms. The predicted molar refractivity (Wildman–Crippen MR) is 117 cm³/mol. The van der Waals surface area contributed by atoms with Gasteiger partial charge in [0.2, 0.25) is 0 Å². The maximum atomic E-state index is 15.4. The van der Waals surface area contributed by atoms with Gasteiger partial charge in [0.05, 0.1) is 6.04 Å². The average Bonchev–Trinajstić information content (AvgIpc) is 3.08. The van der Waals surface area contributed by atoms with Crippen molar-refractivity contribution < 1.29 is 27.5 Å². The van der Waals surface area contributed by atoms with Crippen molar-refractivity contribution in [1.82, 2.24) is 4.90 Å². The summed E-state index contributed by atoms with van der Waals surface area (Å²) in [5.41, 5.74) is 3.96. The van der Waals surface area contributed by atoms with Gasteiger partial charge in [-0.3, -0.25) is 4.90 Å². The van der Waals surface area contributed by atoms with Gasteiger partial charge in [0.15, 0.2) is 0 Å². The van der Waals surface area contributed by atoms with E-state index in [9.17, 15) is 13.6 Å². The summed E-state index contributed by atoms with van der Waals surface area (Å²) in [6.45, 7) is 1.92. The van der Waals surface area contributed by atoms with Crippen molar-refractivity contribution in [3.8, 4) is 0 Å². The summed E-state index contributed by atoms with van der Waals surface area (Å²) < 4.78 is 58.5. The van der Waals surface area contributed by atoms with E-state index in [1.165, 1.54) is 0 Å². The van der Waals surface area contributed by atoms with Gasteiger partial charge in [-0.2, -0.15) is 0 Å². The second-order valence-corrected chi connectivity index (χ2v) is 9.23. The highest BCUT2D eigenvalue weighted by Crippen LogP contribution is 2.53. The van der Waals surface area contributed by atoms with Crippen LogP contribution in [0.15, 0.2) is 48.0 Å². The lowest BCUT2D eigenvalue weighted by molar-refractivity contribution is -0.138. The first-order valence-corrected chi connectivity index (χ1v) is 11.0. The van der Waals surface area contributed by atoms with Crippen LogP contribution in [0.3, 0.4) is 0 Å². The Kier molecular flexibility index (Phi) is 5.20. The van der Waals surface area contributed by atoms with E-state index >= 15 is 8.78 Å². The minimum atomic E-state index is -2.76. The first kappa shape index (κ1) is 21.9. The number of fused-ring (bicyclic) bond motifs is 2. The molecule has 2 aliphatic carbocycles. The van der Waals surface area contributed by atoms with Crippen LogP contribution in [-0.4, -0.2) is 34.0 Å². The molecule has 0 saturated heterocycles. The number of aliphatic carboxylic acids is 1. The van der Waals surface area contributed by atoms with Crippen molar-refractivity contribution in [2.75, 3.05) is 0 Å². The standard InChI is InChI=1S/C26H23F4NO2/c1-14-8-19-18-5-3-2-4-16(18)11-20(19)25(31(14)17-12-26(29,30)13-17)24-21(27)9-15(10-22(24)28)6-7-23(32)33/h2-7,9-10,14,17,25H,8,11-13H2,1H3,(H,32,33)/b7-6+.